The minimum absolute atomic E-state index is 0.0129. The van der Waals surface area contributed by atoms with Crippen LogP contribution in [0, 0.1) is 12.3 Å². The number of Topliss-reactive ketones (excluding diaryl/α,β-unsaturated/α-hetero) is 1. The standard InChI is InChI=1S/C28H33N3O5/c1-15-9-8-10-22(29-15)31-27(33)23-16(2)30-18-13-28(3,4)14-19(32)25(18)24(23)17-11-20(34-5)26(36-7)21(12-17)35-6/h8-12,24,30H,13-14H2,1-7H3,(H,29,31,33)/t24-/m0/s1. The third-order valence-electron chi connectivity index (χ3n) is 6.63. The summed E-state index contributed by atoms with van der Waals surface area (Å²) in [6.45, 7) is 7.88. The maximum atomic E-state index is 13.7. The van der Waals surface area contributed by atoms with Crippen molar-refractivity contribution in [2.24, 2.45) is 5.41 Å². The number of rotatable bonds is 6. The molecule has 0 fully saturated rings. The van der Waals surface area contributed by atoms with Crippen molar-refractivity contribution < 1.29 is 23.8 Å². The molecule has 0 saturated carbocycles. The summed E-state index contributed by atoms with van der Waals surface area (Å²) in [5.74, 6) is 0.852. The zero-order chi connectivity index (χ0) is 26.2. The van der Waals surface area contributed by atoms with E-state index in [1.807, 2.05) is 26.0 Å². The van der Waals surface area contributed by atoms with Gasteiger partial charge in [0.15, 0.2) is 17.3 Å². The SMILES string of the molecule is COc1cc([C@H]2C(C(=O)Nc3cccc(C)n3)=C(C)NC3=C2C(=O)CC(C)(C)C3)cc(OC)c1OC. The van der Waals surface area contributed by atoms with Crippen molar-refractivity contribution in [2.45, 2.75) is 46.5 Å². The highest BCUT2D eigenvalue weighted by atomic mass is 16.5. The molecule has 2 N–H and O–H groups in total. The van der Waals surface area contributed by atoms with Gasteiger partial charge in [-0.25, -0.2) is 4.98 Å². The van der Waals surface area contributed by atoms with Crippen molar-refractivity contribution >= 4 is 17.5 Å². The maximum Gasteiger partial charge on any atom is 0.255 e. The van der Waals surface area contributed by atoms with E-state index in [9.17, 15) is 9.59 Å². The van der Waals surface area contributed by atoms with E-state index >= 15 is 0 Å². The Morgan fingerprint density at radius 3 is 2.31 bits per heavy atom. The van der Waals surface area contributed by atoms with Crippen LogP contribution in [-0.4, -0.2) is 38.0 Å². The molecule has 0 spiro atoms. The lowest BCUT2D eigenvalue weighted by Crippen LogP contribution is -2.39. The topological polar surface area (TPSA) is 98.8 Å². The van der Waals surface area contributed by atoms with Gasteiger partial charge in [-0.3, -0.25) is 9.59 Å². The van der Waals surface area contributed by atoms with E-state index in [4.69, 9.17) is 14.2 Å². The van der Waals surface area contributed by atoms with Crippen molar-refractivity contribution in [3.05, 3.63) is 64.1 Å². The molecule has 36 heavy (non-hydrogen) atoms. The lowest BCUT2D eigenvalue weighted by Gasteiger charge is -2.39. The van der Waals surface area contributed by atoms with Gasteiger partial charge in [-0.05, 0) is 55.5 Å². The summed E-state index contributed by atoms with van der Waals surface area (Å²) >= 11 is 0. The van der Waals surface area contributed by atoms with Gasteiger partial charge in [-0.1, -0.05) is 19.9 Å². The second-order valence-corrected chi connectivity index (χ2v) is 10.0. The number of aryl methyl sites for hydroxylation is 1. The number of aromatic nitrogens is 1. The molecule has 1 aliphatic heterocycles. The Morgan fingerprint density at radius 1 is 1.06 bits per heavy atom. The first-order valence-electron chi connectivity index (χ1n) is 11.9. The number of benzene rings is 1. The third-order valence-corrected chi connectivity index (χ3v) is 6.63. The molecular formula is C28H33N3O5. The summed E-state index contributed by atoms with van der Waals surface area (Å²) in [6, 6.07) is 9.05. The number of allylic oxidation sites excluding steroid dienone is 3. The summed E-state index contributed by atoms with van der Waals surface area (Å²) < 4.78 is 16.7. The van der Waals surface area contributed by atoms with Gasteiger partial charge >= 0.3 is 0 Å². The summed E-state index contributed by atoms with van der Waals surface area (Å²) in [5.41, 5.74) is 3.87. The molecule has 0 radical (unpaired) electrons. The van der Waals surface area contributed by atoms with Crippen molar-refractivity contribution in [1.82, 2.24) is 10.3 Å². The van der Waals surface area contributed by atoms with Gasteiger partial charge in [0, 0.05) is 40.6 Å². The van der Waals surface area contributed by atoms with Crippen molar-refractivity contribution in [2.75, 3.05) is 26.6 Å². The average Bonchev–Trinajstić information content (AvgIpc) is 2.81. The number of amides is 1. The maximum absolute atomic E-state index is 13.7. The average molecular weight is 492 g/mol. The Hall–Kier alpha value is -3.81. The van der Waals surface area contributed by atoms with E-state index in [1.54, 1.807) is 32.4 Å². The molecule has 0 bridgehead atoms. The molecule has 0 saturated heterocycles. The summed E-state index contributed by atoms with van der Waals surface area (Å²) in [4.78, 5) is 31.7. The van der Waals surface area contributed by atoms with Crippen LogP contribution in [0.4, 0.5) is 5.82 Å². The fourth-order valence-corrected chi connectivity index (χ4v) is 5.13. The van der Waals surface area contributed by atoms with Crippen molar-refractivity contribution in [1.29, 1.82) is 0 Å². The molecule has 1 aliphatic carbocycles. The predicted molar refractivity (Wildman–Crippen MR) is 137 cm³/mol. The highest BCUT2D eigenvalue weighted by Gasteiger charge is 2.43. The van der Waals surface area contributed by atoms with Gasteiger partial charge in [0.2, 0.25) is 5.75 Å². The number of ether oxygens (including phenoxy) is 3. The van der Waals surface area contributed by atoms with Crippen molar-refractivity contribution in [3.63, 3.8) is 0 Å². The first-order chi connectivity index (χ1) is 17.1. The molecule has 8 heteroatoms. The van der Waals surface area contributed by atoms with Gasteiger partial charge in [0.1, 0.15) is 5.82 Å². The molecule has 0 unspecified atom stereocenters. The van der Waals surface area contributed by atoms with Gasteiger partial charge in [-0.15, -0.1) is 0 Å². The Kier molecular flexibility index (Phi) is 6.80. The Morgan fingerprint density at radius 2 is 1.72 bits per heavy atom. The van der Waals surface area contributed by atoms with Gasteiger partial charge < -0.3 is 24.8 Å². The molecule has 1 amide bonds. The highest BCUT2D eigenvalue weighted by Crippen LogP contribution is 2.49. The van der Waals surface area contributed by atoms with Crippen LogP contribution in [0.1, 0.15) is 50.8 Å². The minimum atomic E-state index is -0.622. The number of pyridine rings is 1. The van der Waals surface area contributed by atoms with Gasteiger partial charge in [0.05, 0.1) is 21.3 Å². The minimum Gasteiger partial charge on any atom is -0.493 e. The Labute approximate surface area is 211 Å². The second-order valence-electron chi connectivity index (χ2n) is 10.0. The lowest BCUT2D eigenvalue weighted by molar-refractivity contribution is -0.118. The van der Waals surface area contributed by atoms with Crippen LogP contribution in [0.15, 0.2) is 52.9 Å². The van der Waals surface area contributed by atoms with E-state index < -0.39 is 5.92 Å². The summed E-state index contributed by atoms with van der Waals surface area (Å²) in [7, 11) is 4.62. The number of hydrogen-bond donors (Lipinski definition) is 2. The molecule has 1 aromatic carbocycles. The monoisotopic (exact) mass is 491 g/mol. The van der Waals surface area contributed by atoms with E-state index in [-0.39, 0.29) is 17.1 Å². The van der Waals surface area contributed by atoms with Gasteiger partial charge in [-0.2, -0.15) is 0 Å². The van der Waals surface area contributed by atoms with E-state index in [1.165, 1.54) is 7.11 Å². The van der Waals surface area contributed by atoms with Crippen LogP contribution in [0.5, 0.6) is 17.2 Å². The first kappa shape index (κ1) is 25.3. The van der Waals surface area contributed by atoms with Gasteiger partial charge in [0.25, 0.3) is 5.91 Å². The fraction of sp³-hybridized carbons (Fsp3) is 0.393. The lowest BCUT2D eigenvalue weighted by atomic mass is 9.68. The zero-order valence-electron chi connectivity index (χ0n) is 21.9. The Balaban J connectivity index is 1.90. The molecule has 2 aromatic rings. The molecule has 2 aliphatic rings. The van der Waals surface area contributed by atoms with Crippen LogP contribution < -0.4 is 24.8 Å². The quantitative estimate of drug-likeness (QED) is 0.606. The summed E-state index contributed by atoms with van der Waals surface area (Å²) in [6.07, 6.45) is 1.09. The normalized spacial score (nSPS) is 18.9. The van der Waals surface area contributed by atoms with E-state index in [0.717, 1.165) is 11.4 Å². The number of anilines is 1. The number of hydrogen-bond acceptors (Lipinski definition) is 7. The predicted octanol–water partition coefficient (Wildman–Crippen LogP) is 4.66. The number of carbonyl (C=O) groups is 2. The van der Waals surface area contributed by atoms with Crippen LogP contribution in [0.2, 0.25) is 0 Å². The first-order valence-corrected chi connectivity index (χ1v) is 11.9. The molecule has 1 aromatic heterocycles. The van der Waals surface area contributed by atoms with E-state index in [0.29, 0.717) is 58.3 Å². The number of nitrogens with one attached hydrogen (secondary N) is 2. The van der Waals surface area contributed by atoms with Crippen LogP contribution in [0.3, 0.4) is 0 Å². The van der Waals surface area contributed by atoms with Crippen LogP contribution in [-0.2, 0) is 9.59 Å². The smallest absolute Gasteiger partial charge is 0.255 e. The number of carbonyl (C=O) groups excluding carboxylic acids is 2. The zero-order valence-corrected chi connectivity index (χ0v) is 21.9. The fourth-order valence-electron chi connectivity index (χ4n) is 5.13. The molecule has 8 nitrogen and oxygen atoms in total. The number of methoxy groups -OCH3 is 3. The van der Waals surface area contributed by atoms with E-state index in [2.05, 4.69) is 29.5 Å². The Bertz CT molecular complexity index is 1270. The largest absolute Gasteiger partial charge is 0.493 e. The number of ketones is 1. The van der Waals surface area contributed by atoms with Crippen LogP contribution in [0.25, 0.3) is 0 Å². The summed E-state index contributed by atoms with van der Waals surface area (Å²) in [5, 5.41) is 6.30. The molecular weight excluding hydrogens is 458 g/mol. The molecule has 1 atom stereocenters. The molecule has 4 rings (SSSR count). The number of nitrogens with zero attached hydrogens (tertiary/aromatic N) is 1. The number of dihydropyridines is 1. The second kappa shape index (κ2) is 9.68. The molecule has 190 valence electrons. The molecule has 2 heterocycles. The third kappa shape index (κ3) is 4.67. The highest BCUT2D eigenvalue weighted by molar-refractivity contribution is 6.09. The van der Waals surface area contributed by atoms with Crippen molar-refractivity contribution in [3.8, 4) is 17.2 Å². The van der Waals surface area contributed by atoms with Crippen LogP contribution >= 0.6 is 0 Å².